The fraction of sp³-hybridized carbons (Fsp3) is 0.0476. The zero-order valence-electron chi connectivity index (χ0n) is 14.0. The summed E-state index contributed by atoms with van der Waals surface area (Å²) in [5.74, 6) is 0.817. The molecule has 1 N–H and O–H groups in total. The monoisotopic (exact) mass is 359 g/mol. The molecule has 3 aromatic carbocycles. The predicted octanol–water partition coefficient (Wildman–Crippen LogP) is 5.32. The molecule has 4 nitrogen and oxygen atoms in total. The Kier molecular flexibility index (Phi) is 4.89. The van der Waals surface area contributed by atoms with E-state index in [1.807, 2.05) is 72.8 Å². The fourth-order valence-corrected chi connectivity index (χ4v) is 3.35. The highest BCUT2D eigenvalue weighted by molar-refractivity contribution is 7.18. The number of rotatable bonds is 6. The van der Waals surface area contributed by atoms with E-state index in [2.05, 4.69) is 21.6 Å². The van der Waals surface area contributed by atoms with Gasteiger partial charge < -0.3 is 4.74 Å². The van der Waals surface area contributed by atoms with Gasteiger partial charge in [0.2, 0.25) is 0 Å². The molecule has 1 aromatic heterocycles. The average Bonchev–Trinajstić information content (AvgIpc) is 3.11. The van der Waals surface area contributed by atoms with E-state index in [1.54, 1.807) is 17.6 Å². The van der Waals surface area contributed by atoms with Crippen molar-refractivity contribution in [2.24, 2.45) is 5.10 Å². The van der Waals surface area contributed by atoms with Gasteiger partial charge >= 0.3 is 0 Å². The van der Waals surface area contributed by atoms with Gasteiger partial charge in [0.15, 0.2) is 0 Å². The molecule has 0 aliphatic rings. The van der Waals surface area contributed by atoms with Gasteiger partial charge in [-0.15, -0.1) is 11.3 Å². The maximum atomic E-state index is 5.84. The summed E-state index contributed by atoms with van der Waals surface area (Å²) in [6.07, 6.45) is 1.78. The molecule has 0 saturated carbocycles. The molecule has 0 atom stereocenters. The number of anilines is 1. The van der Waals surface area contributed by atoms with E-state index in [0.29, 0.717) is 6.61 Å². The summed E-state index contributed by atoms with van der Waals surface area (Å²) in [7, 11) is 0. The number of ether oxygens (including phenoxy) is 1. The van der Waals surface area contributed by atoms with Gasteiger partial charge in [0.05, 0.1) is 22.1 Å². The van der Waals surface area contributed by atoms with Crippen LogP contribution < -0.4 is 10.2 Å². The van der Waals surface area contributed by atoms with Crippen molar-refractivity contribution in [3.05, 3.63) is 89.4 Å². The number of aromatic nitrogens is 1. The lowest BCUT2D eigenvalue weighted by molar-refractivity contribution is 0.306. The Bertz CT molecular complexity index is 977. The van der Waals surface area contributed by atoms with Crippen molar-refractivity contribution < 1.29 is 4.74 Å². The average molecular weight is 359 g/mol. The number of nitrogens with one attached hydrogen (secondary N) is 1. The molecule has 1 heterocycles. The van der Waals surface area contributed by atoms with Gasteiger partial charge in [0.25, 0.3) is 0 Å². The third-order valence-electron chi connectivity index (χ3n) is 3.76. The quantitative estimate of drug-likeness (QED) is 0.374. The highest BCUT2D eigenvalue weighted by atomic mass is 32.1. The smallest absolute Gasteiger partial charge is 0.140 e. The molecule has 0 aliphatic carbocycles. The molecule has 0 fully saturated rings. The van der Waals surface area contributed by atoms with Crippen LogP contribution in [0.1, 0.15) is 10.6 Å². The Balaban J connectivity index is 1.33. The third-order valence-corrected chi connectivity index (χ3v) is 4.77. The van der Waals surface area contributed by atoms with Crippen molar-refractivity contribution in [3.63, 3.8) is 0 Å². The van der Waals surface area contributed by atoms with E-state index >= 15 is 0 Å². The minimum atomic E-state index is 0.475. The van der Waals surface area contributed by atoms with E-state index in [-0.39, 0.29) is 0 Å². The molecule has 0 unspecified atom stereocenters. The summed E-state index contributed by atoms with van der Waals surface area (Å²) in [5, 5.41) is 5.21. The van der Waals surface area contributed by atoms with Crippen molar-refractivity contribution in [1.29, 1.82) is 0 Å². The lowest BCUT2D eigenvalue weighted by atomic mass is 10.2. The number of hydrogen-bond acceptors (Lipinski definition) is 5. The van der Waals surface area contributed by atoms with Gasteiger partial charge in [-0.25, -0.2) is 4.98 Å². The number of thiazole rings is 1. The van der Waals surface area contributed by atoms with E-state index in [0.717, 1.165) is 27.5 Å². The van der Waals surface area contributed by atoms with Crippen LogP contribution in [0.5, 0.6) is 5.75 Å². The number of para-hydroxylation sites is 2. The van der Waals surface area contributed by atoms with Crippen molar-refractivity contribution in [2.75, 3.05) is 5.43 Å². The predicted molar refractivity (Wildman–Crippen MR) is 108 cm³/mol. The van der Waals surface area contributed by atoms with E-state index in [4.69, 9.17) is 4.74 Å². The Hall–Kier alpha value is -3.18. The molecule has 0 saturated heterocycles. The van der Waals surface area contributed by atoms with Gasteiger partial charge in [0.1, 0.15) is 17.4 Å². The van der Waals surface area contributed by atoms with Gasteiger partial charge in [-0.2, -0.15) is 5.10 Å². The van der Waals surface area contributed by atoms with Crippen molar-refractivity contribution in [3.8, 4) is 5.75 Å². The van der Waals surface area contributed by atoms with Crippen molar-refractivity contribution >= 4 is 33.5 Å². The van der Waals surface area contributed by atoms with Gasteiger partial charge in [0, 0.05) is 0 Å². The second-order valence-electron chi connectivity index (χ2n) is 5.67. The van der Waals surface area contributed by atoms with Gasteiger partial charge in [-0.05, 0) is 54.1 Å². The first-order valence-electron chi connectivity index (χ1n) is 8.28. The maximum Gasteiger partial charge on any atom is 0.140 e. The minimum absolute atomic E-state index is 0.475. The SMILES string of the molecule is C(=NNc1ccccc1)c1ccc(OCc2nc3ccccc3s2)cc1. The largest absolute Gasteiger partial charge is 0.486 e. The third kappa shape index (κ3) is 4.07. The molecule has 26 heavy (non-hydrogen) atoms. The lowest BCUT2D eigenvalue weighted by Gasteiger charge is -2.04. The van der Waals surface area contributed by atoms with Crippen LogP contribution in [-0.2, 0) is 6.61 Å². The minimum Gasteiger partial charge on any atom is -0.486 e. The molecule has 5 heteroatoms. The van der Waals surface area contributed by atoms with Gasteiger partial charge in [-0.3, -0.25) is 5.43 Å². The molecule has 4 aromatic rings. The Morgan fingerprint density at radius 3 is 2.50 bits per heavy atom. The molecule has 0 spiro atoms. The number of benzene rings is 3. The number of fused-ring (bicyclic) bond motifs is 1. The second-order valence-corrected chi connectivity index (χ2v) is 6.78. The number of nitrogens with zero attached hydrogens (tertiary/aromatic N) is 2. The van der Waals surface area contributed by atoms with Gasteiger partial charge in [-0.1, -0.05) is 30.3 Å². The van der Waals surface area contributed by atoms with Crippen LogP contribution in [0.15, 0.2) is 84.0 Å². The Morgan fingerprint density at radius 1 is 0.923 bits per heavy atom. The topological polar surface area (TPSA) is 46.5 Å². The first kappa shape index (κ1) is 16.3. The van der Waals surface area contributed by atoms with Crippen molar-refractivity contribution in [1.82, 2.24) is 4.98 Å². The summed E-state index contributed by atoms with van der Waals surface area (Å²) >= 11 is 1.66. The summed E-state index contributed by atoms with van der Waals surface area (Å²) in [5.41, 5.74) is 5.98. The standard InChI is InChI=1S/C21H17N3OS/c1-2-6-17(7-3-1)24-22-14-16-10-12-18(13-11-16)25-15-21-23-19-8-4-5-9-20(19)26-21/h1-14,24H,15H2. The van der Waals surface area contributed by atoms with Crippen LogP contribution in [-0.4, -0.2) is 11.2 Å². The van der Waals surface area contributed by atoms with Crippen LogP contribution in [0.25, 0.3) is 10.2 Å². The molecule has 0 aliphatic heterocycles. The van der Waals surface area contributed by atoms with Crippen LogP contribution in [0.3, 0.4) is 0 Å². The molecular weight excluding hydrogens is 342 g/mol. The molecule has 128 valence electrons. The molecule has 0 amide bonds. The summed E-state index contributed by atoms with van der Waals surface area (Å²) in [4.78, 5) is 4.58. The molecule has 0 radical (unpaired) electrons. The second kappa shape index (κ2) is 7.80. The zero-order chi connectivity index (χ0) is 17.6. The summed E-state index contributed by atoms with van der Waals surface area (Å²) in [6, 6.07) is 25.8. The first-order chi connectivity index (χ1) is 12.9. The van der Waals surface area contributed by atoms with Crippen LogP contribution in [0, 0.1) is 0 Å². The van der Waals surface area contributed by atoms with Crippen molar-refractivity contribution in [2.45, 2.75) is 6.61 Å². The van der Waals surface area contributed by atoms with Crippen LogP contribution in [0.2, 0.25) is 0 Å². The van der Waals surface area contributed by atoms with Crippen LogP contribution >= 0.6 is 11.3 Å². The highest BCUT2D eigenvalue weighted by Crippen LogP contribution is 2.23. The molecular formula is C21H17N3OS. The zero-order valence-corrected chi connectivity index (χ0v) is 14.8. The fourth-order valence-electron chi connectivity index (χ4n) is 2.47. The lowest BCUT2D eigenvalue weighted by Crippen LogP contribution is -1.95. The molecule has 0 bridgehead atoms. The number of hydrazone groups is 1. The first-order valence-corrected chi connectivity index (χ1v) is 9.10. The summed E-state index contributed by atoms with van der Waals surface area (Å²) < 4.78 is 7.02. The van der Waals surface area contributed by atoms with E-state index < -0.39 is 0 Å². The number of hydrogen-bond donors (Lipinski definition) is 1. The van der Waals surface area contributed by atoms with Crippen LogP contribution in [0.4, 0.5) is 5.69 Å². The molecule has 4 rings (SSSR count). The van der Waals surface area contributed by atoms with E-state index in [9.17, 15) is 0 Å². The summed E-state index contributed by atoms with van der Waals surface area (Å²) in [6.45, 7) is 0.475. The van der Waals surface area contributed by atoms with E-state index in [1.165, 1.54) is 4.70 Å². The highest BCUT2D eigenvalue weighted by Gasteiger charge is 2.04. The Morgan fingerprint density at radius 2 is 1.69 bits per heavy atom. The normalized spacial score (nSPS) is 11.1. The maximum absolute atomic E-state index is 5.84. The Labute approximate surface area is 155 Å².